The van der Waals surface area contributed by atoms with Crippen LogP contribution in [0, 0.1) is 0 Å². The standard InChI is InChI=1S/2C3H3N3/c1-4-2-6-3-5-1;1-2-4-6-5-3-1/h2*1-3H. The summed E-state index contributed by atoms with van der Waals surface area (Å²) in [6.07, 6.45) is 7.47. The summed E-state index contributed by atoms with van der Waals surface area (Å²) in [7, 11) is 0. The van der Waals surface area contributed by atoms with Crippen LogP contribution in [0.1, 0.15) is 0 Å². The van der Waals surface area contributed by atoms with Gasteiger partial charge in [-0.1, -0.05) is 0 Å². The second kappa shape index (κ2) is 5.78. The minimum absolute atomic E-state index is 1.44. The van der Waals surface area contributed by atoms with Crippen molar-refractivity contribution in [3.05, 3.63) is 37.4 Å². The van der Waals surface area contributed by atoms with Gasteiger partial charge in [-0.05, 0) is 11.3 Å². The topological polar surface area (TPSA) is 77.3 Å². The van der Waals surface area contributed by atoms with Crippen molar-refractivity contribution in [2.24, 2.45) is 0 Å². The molecule has 0 saturated heterocycles. The van der Waals surface area contributed by atoms with Crippen molar-refractivity contribution < 1.29 is 0 Å². The van der Waals surface area contributed by atoms with Gasteiger partial charge in [-0.25, -0.2) is 15.0 Å². The Hall–Kier alpha value is -1.98. The van der Waals surface area contributed by atoms with Gasteiger partial charge >= 0.3 is 0 Å². The molecule has 0 aliphatic carbocycles. The molecular formula is C6H6N6. The van der Waals surface area contributed by atoms with Crippen LogP contribution in [0.2, 0.25) is 0 Å². The van der Waals surface area contributed by atoms with E-state index in [-0.39, 0.29) is 0 Å². The molecule has 0 aromatic carbocycles. The van der Waals surface area contributed by atoms with Crippen molar-refractivity contribution in [1.29, 1.82) is 0 Å². The third-order valence-corrected chi connectivity index (χ3v) is 0.809. The summed E-state index contributed by atoms with van der Waals surface area (Å²) in [5.74, 6) is 0. The first-order valence-corrected chi connectivity index (χ1v) is 3.13. The molecule has 60 valence electrons. The Kier molecular flexibility index (Phi) is 3.91. The summed E-state index contributed by atoms with van der Waals surface area (Å²) in [5.41, 5.74) is 0. The molecule has 2 rings (SSSR count). The van der Waals surface area contributed by atoms with Gasteiger partial charge in [0.25, 0.3) is 0 Å². The second-order valence-corrected chi connectivity index (χ2v) is 1.60. The summed E-state index contributed by atoms with van der Waals surface area (Å²) in [5, 5.41) is 10.1. The third-order valence-electron chi connectivity index (χ3n) is 0.809. The highest BCUT2D eigenvalue weighted by molar-refractivity contribution is 4.69. The predicted octanol–water partition coefficient (Wildman–Crippen LogP) is -0.257. The van der Waals surface area contributed by atoms with Gasteiger partial charge in [0.05, 0.1) is 12.4 Å². The van der Waals surface area contributed by atoms with Gasteiger partial charge in [-0.15, -0.1) is 10.2 Å². The van der Waals surface area contributed by atoms with Crippen LogP contribution in [0.5, 0.6) is 0 Å². The molecule has 0 amide bonds. The number of hydrogen-bond donors (Lipinski definition) is 0. The van der Waals surface area contributed by atoms with Crippen LogP contribution in [0.25, 0.3) is 0 Å². The molecule has 0 atom stereocenters. The maximum atomic E-state index is 3.56. The van der Waals surface area contributed by atoms with E-state index in [0.29, 0.717) is 0 Å². The molecule has 2 aromatic heterocycles. The molecule has 0 aliphatic heterocycles. The Labute approximate surface area is 68.7 Å². The molecule has 0 fully saturated rings. The van der Waals surface area contributed by atoms with E-state index in [2.05, 4.69) is 30.4 Å². The number of nitrogens with zero attached hydrogens (tertiary/aromatic N) is 6. The Morgan fingerprint density at radius 2 is 1.17 bits per heavy atom. The van der Waals surface area contributed by atoms with Crippen molar-refractivity contribution in [2.75, 3.05) is 0 Å². The zero-order valence-corrected chi connectivity index (χ0v) is 6.15. The third kappa shape index (κ3) is 3.94. The van der Waals surface area contributed by atoms with Crippen LogP contribution >= 0.6 is 0 Å². The second-order valence-electron chi connectivity index (χ2n) is 1.60. The van der Waals surface area contributed by atoms with Crippen molar-refractivity contribution in [3.63, 3.8) is 0 Å². The first-order chi connectivity index (χ1) is 6.00. The summed E-state index contributed by atoms with van der Waals surface area (Å²) in [4.78, 5) is 10.7. The lowest BCUT2D eigenvalue weighted by atomic mass is 10.7. The lowest BCUT2D eigenvalue weighted by Gasteiger charge is -1.69. The van der Waals surface area contributed by atoms with Crippen LogP contribution < -0.4 is 0 Å². The largest absolute Gasteiger partial charge is 0.225 e. The molecule has 0 radical (unpaired) electrons. The van der Waals surface area contributed by atoms with E-state index >= 15 is 0 Å². The van der Waals surface area contributed by atoms with Crippen LogP contribution in [-0.2, 0) is 0 Å². The Bertz CT molecular complexity index is 187. The van der Waals surface area contributed by atoms with Gasteiger partial charge < -0.3 is 0 Å². The molecule has 0 N–H and O–H groups in total. The summed E-state index contributed by atoms with van der Waals surface area (Å²) in [6, 6.07) is 1.72. The summed E-state index contributed by atoms with van der Waals surface area (Å²) < 4.78 is 0. The minimum atomic E-state index is 1.44. The molecule has 6 nitrogen and oxygen atoms in total. The lowest BCUT2D eigenvalue weighted by molar-refractivity contribution is 0.865. The fourth-order valence-electron chi connectivity index (χ4n) is 0.410. The van der Waals surface area contributed by atoms with Gasteiger partial charge in [0.1, 0.15) is 19.0 Å². The van der Waals surface area contributed by atoms with E-state index in [0.717, 1.165) is 0 Å². The molecule has 0 aliphatic rings. The van der Waals surface area contributed by atoms with E-state index in [9.17, 15) is 0 Å². The maximum Gasteiger partial charge on any atom is 0.119 e. The quantitative estimate of drug-likeness (QED) is 0.531. The van der Waals surface area contributed by atoms with Gasteiger partial charge in [0.2, 0.25) is 0 Å². The fraction of sp³-hybridized carbons (Fsp3) is 0. The number of aromatic nitrogens is 6. The zero-order chi connectivity index (χ0) is 8.49. The highest BCUT2D eigenvalue weighted by atomic mass is 15.3. The maximum absolute atomic E-state index is 3.56. The molecule has 12 heavy (non-hydrogen) atoms. The Morgan fingerprint density at radius 1 is 0.667 bits per heavy atom. The van der Waals surface area contributed by atoms with Crippen molar-refractivity contribution in [3.8, 4) is 0 Å². The molecule has 0 bridgehead atoms. The first kappa shape index (κ1) is 8.12. The van der Waals surface area contributed by atoms with E-state index < -0.39 is 0 Å². The van der Waals surface area contributed by atoms with Gasteiger partial charge in [-0.2, -0.15) is 0 Å². The highest BCUT2D eigenvalue weighted by Gasteiger charge is 1.60. The first-order valence-electron chi connectivity index (χ1n) is 3.13. The fourth-order valence-corrected chi connectivity index (χ4v) is 0.410. The molecular weight excluding hydrogens is 156 g/mol. The van der Waals surface area contributed by atoms with E-state index in [1.54, 1.807) is 18.5 Å². The molecule has 2 heterocycles. The van der Waals surface area contributed by atoms with Gasteiger partial charge in [0.15, 0.2) is 0 Å². The predicted molar refractivity (Wildman–Crippen MR) is 39.7 cm³/mol. The normalized spacial score (nSPS) is 8.00. The van der Waals surface area contributed by atoms with Crippen LogP contribution in [0.3, 0.4) is 0 Å². The lowest BCUT2D eigenvalue weighted by Crippen LogP contribution is -1.78. The minimum Gasteiger partial charge on any atom is -0.225 e. The van der Waals surface area contributed by atoms with E-state index in [1.807, 2.05) is 0 Å². The SMILES string of the molecule is c1cnnnc1.c1ncncn1. The monoisotopic (exact) mass is 162 g/mol. The van der Waals surface area contributed by atoms with Gasteiger partial charge in [-0.3, -0.25) is 0 Å². The summed E-state index contributed by atoms with van der Waals surface area (Å²) >= 11 is 0. The van der Waals surface area contributed by atoms with Crippen LogP contribution in [0.4, 0.5) is 0 Å². The average Bonchev–Trinajstić information content (AvgIpc) is 2.24. The summed E-state index contributed by atoms with van der Waals surface area (Å²) in [6.45, 7) is 0. The van der Waals surface area contributed by atoms with Crippen LogP contribution in [0.15, 0.2) is 37.4 Å². The van der Waals surface area contributed by atoms with Crippen molar-refractivity contribution >= 4 is 0 Å². The number of hydrogen-bond acceptors (Lipinski definition) is 6. The highest BCUT2D eigenvalue weighted by Crippen LogP contribution is 1.61. The smallest absolute Gasteiger partial charge is 0.119 e. The molecule has 2 aromatic rings. The van der Waals surface area contributed by atoms with E-state index in [4.69, 9.17) is 0 Å². The zero-order valence-electron chi connectivity index (χ0n) is 6.15. The van der Waals surface area contributed by atoms with Crippen LogP contribution in [-0.4, -0.2) is 30.4 Å². The average molecular weight is 162 g/mol. The number of rotatable bonds is 0. The molecule has 0 unspecified atom stereocenters. The molecule has 0 saturated carbocycles. The Balaban J connectivity index is 0.000000120. The molecule has 6 heteroatoms. The van der Waals surface area contributed by atoms with Crippen molar-refractivity contribution in [1.82, 2.24) is 30.4 Å². The Morgan fingerprint density at radius 3 is 1.33 bits per heavy atom. The van der Waals surface area contributed by atoms with Gasteiger partial charge in [0, 0.05) is 0 Å². The van der Waals surface area contributed by atoms with Crippen molar-refractivity contribution in [2.45, 2.75) is 0 Å². The molecule has 0 spiro atoms. The van der Waals surface area contributed by atoms with E-state index in [1.165, 1.54) is 19.0 Å².